The number of nitrogens with one attached hydrogen (secondary N) is 2. The SMILES string of the molecule is C[C@H](NC(=O)Cc1ccc(NS(=O)(=O)c2ccc(F)cc2)cc1)c1cccc(Cl)c1. The summed E-state index contributed by atoms with van der Waals surface area (Å²) in [6.07, 6.45) is 0.149. The van der Waals surface area contributed by atoms with E-state index in [1.54, 1.807) is 36.4 Å². The molecule has 0 unspecified atom stereocenters. The molecule has 0 aromatic heterocycles. The first-order chi connectivity index (χ1) is 14.2. The van der Waals surface area contributed by atoms with Gasteiger partial charge < -0.3 is 5.32 Å². The molecule has 0 spiro atoms. The average Bonchev–Trinajstić information content (AvgIpc) is 2.69. The summed E-state index contributed by atoms with van der Waals surface area (Å²) in [5.41, 5.74) is 1.98. The molecule has 0 heterocycles. The lowest BCUT2D eigenvalue weighted by Gasteiger charge is -2.15. The minimum atomic E-state index is -3.82. The van der Waals surface area contributed by atoms with Crippen molar-refractivity contribution in [1.29, 1.82) is 0 Å². The highest BCUT2D eigenvalue weighted by molar-refractivity contribution is 7.92. The third-order valence-corrected chi connectivity index (χ3v) is 6.05. The molecule has 156 valence electrons. The van der Waals surface area contributed by atoms with Gasteiger partial charge in [0.2, 0.25) is 5.91 Å². The van der Waals surface area contributed by atoms with E-state index in [1.807, 2.05) is 19.1 Å². The third-order valence-electron chi connectivity index (χ3n) is 4.42. The van der Waals surface area contributed by atoms with Crippen LogP contribution in [-0.2, 0) is 21.2 Å². The summed E-state index contributed by atoms with van der Waals surface area (Å²) in [7, 11) is -3.82. The lowest BCUT2D eigenvalue weighted by molar-refractivity contribution is -0.121. The second kappa shape index (κ2) is 9.28. The number of hydrogen-bond donors (Lipinski definition) is 2. The Hall–Kier alpha value is -2.90. The molecule has 0 radical (unpaired) electrons. The quantitative estimate of drug-likeness (QED) is 0.552. The van der Waals surface area contributed by atoms with Crippen LogP contribution in [0.3, 0.4) is 0 Å². The van der Waals surface area contributed by atoms with Gasteiger partial charge in [-0.15, -0.1) is 0 Å². The van der Waals surface area contributed by atoms with Crippen LogP contribution in [0.15, 0.2) is 77.7 Å². The van der Waals surface area contributed by atoms with Crippen LogP contribution in [0, 0.1) is 5.82 Å². The Bertz CT molecular complexity index is 1130. The molecule has 0 fully saturated rings. The summed E-state index contributed by atoms with van der Waals surface area (Å²) in [5, 5.41) is 3.52. The maximum Gasteiger partial charge on any atom is 0.261 e. The Kier molecular flexibility index (Phi) is 6.74. The van der Waals surface area contributed by atoms with Crippen LogP contribution in [0.5, 0.6) is 0 Å². The van der Waals surface area contributed by atoms with Crippen molar-refractivity contribution in [2.45, 2.75) is 24.3 Å². The summed E-state index contributed by atoms with van der Waals surface area (Å²) < 4.78 is 40.1. The van der Waals surface area contributed by atoms with Crippen molar-refractivity contribution < 1.29 is 17.6 Å². The largest absolute Gasteiger partial charge is 0.349 e. The zero-order chi connectivity index (χ0) is 21.7. The van der Waals surface area contributed by atoms with Gasteiger partial charge in [0, 0.05) is 10.7 Å². The van der Waals surface area contributed by atoms with Gasteiger partial charge in [0.05, 0.1) is 17.4 Å². The Morgan fingerprint density at radius 3 is 2.33 bits per heavy atom. The van der Waals surface area contributed by atoms with Gasteiger partial charge in [-0.1, -0.05) is 35.9 Å². The zero-order valence-electron chi connectivity index (χ0n) is 16.1. The third kappa shape index (κ3) is 5.81. The summed E-state index contributed by atoms with van der Waals surface area (Å²) in [5.74, 6) is -0.677. The highest BCUT2D eigenvalue weighted by Crippen LogP contribution is 2.19. The van der Waals surface area contributed by atoms with Gasteiger partial charge in [-0.25, -0.2) is 12.8 Å². The van der Waals surface area contributed by atoms with Gasteiger partial charge in [-0.3, -0.25) is 9.52 Å². The van der Waals surface area contributed by atoms with Crippen LogP contribution in [0.25, 0.3) is 0 Å². The fraction of sp³-hybridized carbons (Fsp3) is 0.136. The maximum absolute atomic E-state index is 13.0. The summed E-state index contributed by atoms with van der Waals surface area (Å²) in [4.78, 5) is 12.3. The van der Waals surface area contributed by atoms with E-state index in [2.05, 4.69) is 10.0 Å². The molecule has 0 aliphatic rings. The number of carbonyl (C=O) groups is 1. The van der Waals surface area contributed by atoms with Crippen LogP contribution >= 0.6 is 11.6 Å². The van der Waals surface area contributed by atoms with Gasteiger partial charge >= 0.3 is 0 Å². The molecule has 0 saturated heterocycles. The van der Waals surface area contributed by atoms with E-state index in [0.29, 0.717) is 10.7 Å². The van der Waals surface area contributed by atoms with Crippen molar-refractivity contribution in [3.63, 3.8) is 0 Å². The number of hydrogen-bond acceptors (Lipinski definition) is 3. The number of carbonyl (C=O) groups excluding carboxylic acids is 1. The van der Waals surface area contributed by atoms with E-state index in [0.717, 1.165) is 23.3 Å². The molecule has 0 saturated carbocycles. The highest BCUT2D eigenvalue weighted by Gasteiger charge is 2.15. The zero-order valence-corrected chi connectivity index (χ0v) is 17.7. The lowest BCUT2D eigenvalue weighted by Crippen LogP contribution is -2.28. The molecule has 0 aliphatic heterocycles. The molecule has 0 aliphatic carbocycles. The first-order valence-corrected chi connectivity index (χ1v) is 11.0. The predicted molar refractivity (Wildman–Crippen MR) is 115 cm³/mol. The Morgan fingerprint density at radius 1 is 1.03 bits per heavy atom. The van der Waals surface area contributed by atoms with Crippen molar-refractivity contribution >= 4 is 33.2 Å². The molecule has 3 aromatic rings. The van der Waals surface area contributed by atoms with Crippen molar-refractivity contribution in [3.8, 4) is 0 Å². The standard InChI is InChI=1S/C22H20ClFN2O3S/c1-15(17-3-2-4-18(23)14-17)25-22(27)13-16-5-9-20(10-6-16)26-30(28,29)21-11-7-19(24)8-12-21/h2-12,14-15,26H,13H2,1H3,(H,25,27)/t15-/m0/s1. The molecule has 3 aromatic carbocycles. The summed E-state index contributed by atoms with van der Waals surface area (Å²) >= 11 is 5.98. The van der Waals surface area contributed by atoms with E-state index in [9.17, 15) is 17.6 Å². The van der Waals surface area contributed by atoms with Gasteiger partial charge in [0.1, 0.15) is 5.82 Å². The monoisotopic (exact) mass is 446 g/mol. The average molecular weight is 447 g/mol. The van der Waals surface area contributed by atoms with Crippen LogP contribution < -0.4 is 10.0 Å². The maximum atomic E-state index is 13.0. The van der Waals surface area contributed by atoms with Crippen LogP contribution in [0.2, 0.25) is 5.02 Å². The predicted octanol–water partition coefficient (Wildman–Crippen LogP) is 4.70. The fourth-order valence-corrected chi connectivity index (χ4v) is 4.11. The van der Waals surface area contributed by atoms with E-state index < -0.39 is 15.8 Å². The minimum absolute atomic E-state index is 0.0395. The van der Waals surface area contributed by atoms with E-state index in [1.165, 1.54) is 12.1 Å². The van der Waals surface area contributed by atoms with Gasteiger partial charge in [0.15, 0.2) is 0 Å². The number of halogens is 2. The van der Waals surface area contributed by atoms with Gasteiger partial charge in [-0.05, 0) is 66.6 Å². The Labute approximate surface area is 179 Å². The molecule has 5 nitrogen and oxygen atoms in total. The molecule has 0 bridgehead atoms. The number of rotatable bonds is 7. The van der Waals surface area contributed by atoms with Gasteiger partial charge in [-0.2, -0.15) is 0 Å². The number of amides is 1. The Balaban J connectivity index is 1.60. The molecule has 3 rings (SSSR count). The second-order valence-electron chi connectivity index (χ2n) is 6.78. The number of sulfonamides is 1. The van der Waals surface area contributed by atoms with E-state index >= 15 is 0 Å². The van der Waals surface area contributed by atoms with Crippen LogP contribution in [0.1, 0.15) is 24.1 Å². The fourth-order valence-electron chi connectivity index (χ4n) is 2.86. The van der Waals surface area contributed by atoms with Crippen molar-refractivity contribution in [2.24, 2.45) is 0 Å². The highest BCUT2D eigenvalue weighted by atomic mass is 35.5. The van der Waals surface area contributed by atoms with Crippen LogP contribution in [0.4, 0.5) is 10.1 Å². The first kappa shape index (κ1) is 21.8. The second-order valence-corrected chi connectivity index (χ2v) is 8.90. The number of benzene rings is 3. The van der Waals surface area contributed by atoms with Crippen molar-refractivity contribution in [2.75, 3.05) is 4.72 Å². The lowest BCUT2D eigenvalue weighted by atomic mass is 10.1. The molecule has 1 atom stereocenters. The number of anilines is 1. The molecule has 30 heavy (non-hydrogen) atoms. The molecule has 1 amide bonds. The summed E-state index contributed by atoms with van der Waals surface area (Å²) in [6.45, 7) is 1.87. The topological polar surface area (TPSA) is 75.3 Å². The first-order valence-electron chi connectivity index (χ1n) is 9.15. The van der Waals surface area contributed by atoms with Gasteiger partial charge in [0.25, 0.3) is 10.0 Å². The smallest absolute Gasteiger partial charge is 0.261 e. The molecule has 8 heteroatoms. The normalized spacial score (nSPS) is 12.2. The van der Waals surface area contributed by atoms with Crippen molar-refractivity contribution in [1.82, 2.24) is 5.32 Å². The molecule has 2 N–H and O–H groups in total. The Morgan fingerprint density at radius 2 is 1.70 bits per heavy atom. The summed E-state index contributed by atoms with van der Waals surface area (Å²) in [6, 6.07) is 18.1. The molecular formula is C22H20ClFN2O3S. The van der Waals surface area contributed by atoms with E-state index in [-0.39, 0.29) is 23.3 Å². The van der Waals surface area contributed by atoms with Crippen LogP contribution in [-0.4, -0.2) is 14.3 Å². The minimum Gasteiger partial charge on any atom is -0.349 e. The molecular weight excluding hydrogens is 427 g/mol. The van der Waals surface area contributed by atoms with E-state index in [4.69, 9.17) is 11.6 Å². The van der Waals surface area contributed by atoms with Crippen molar-refractivity contribution in [3.05, 3.63) is 94.8 Å².